The largest absolute Gasteiger partial charge is 0.422 e. The first kappa shape index (κ1) is 30.0. The minimum absolute atomic E-state index is 0.0257. The van der Waals surface area contributed by atoms with Gasteiger partial charge in [-0.05, 0) is 36.4 Å². The predicted molar refractivity (Wildman–Crippen MR) is 151 cm³/mol. The maximum Gasteiger partial charge on any atom is 0.414 e. The Labute approximate surface area is 236 Å². The lowest BCUT2D eigenvalue weighted by Crippen LogP contribution is -2.47. The summed E-state index contributed by atoms with van der Waals surface area (Å²) in [7, 11) is 2.20. The van der Waals surface area contributed by atoms with Gasteiger partial charge < -0.3 is 23.9 Å². The number of hydrogen-bond donors (Lipinski definition) is 2. The van der Waals surface area contributed by atoms with Crippen LogP contribution in [-0.2, 0) is 27.8 Å². The smallest absolute Gasteiger partial charge is 0.414 e. The van der Waals surface area contributed by atoms with Gasteiger partial charge in [0.15, 0.2) is 5.82 Å². The number of rotatable bonds is 8. The zero-order chi connectivity index (χ0) is 29.9. The third-order valence-electron chi connectivity index (χ3n) is 6.80. The number of hydrogen-bond acceptors (Lipinski definition) is 8. The number of likely N-dealkylation sites (N-methyl/N-ethyl adjacent to an activating group) is 1. The highest BCUT2D eigenvalue weighted by atomic mass is 32.2. The summed E-state index contributed by atoms with van der Waals surface area (Å²) in [5.41, 5.74) is -0.561. The molecule has 0 spiro atoms. The summed E-state index contributed by atoms with van der Waals surface area (Å²) in [5.74, 6) is -0.933. The highest BCUT2D eigenvalue weighted by Crippen LogP contribution is 2.29. The van der Waals surface area contributed by atoms with Crippen LogP contribution in [0.2, 0.25) is 0 Å². The van der Waals surface area contributed by atoms with E-state index >= 15 is 4.39 Å². The lowest BCUT2D eigenvalue weighted by molar-refractivity contribution is -0.132. The number of anilines is 1. The number of carbonyl (C=O) groups is 2. The van der Waals surface area contributed by atoms with E-state index < -0.39 is 27.7 Å². The minimum Gasteiger partial charge on any atom is -0.422 e. The van der Waals surface area contributed by atoms with Crippen LogP contribution >= 0.6 is 0 Å². The second-order valence-electron chi connectivity index (χ2n) is 9.89. The standard InChI is InChI=1S/C27H32FN5O7S/c1-29-41(37,38)30-22-7-5-6-17(25(22)28)14-21-20(16-24(34)33-12-10-32(4)11-13-33)19-9-8-18(39-27(36)31(2)3)15-23(19)40-26(21)35/h5-9,15,29-30H,10-14,16H2,1-4H3. The van der Waals surface area contributed by atoms with Crippen LogP contribution in [0.3, 0.4) is 0 Å². The summed E-state index contributed by atoms with van der Waals surface area (Å²) in [6.45, 7) is 2.46. The third-order valence-corrected chi connectivity index (χ3v) is 7.83. The Hall–Kier alpha value is -4.01. The maximum absolute atomic E-state index is 15.4. The van der Waals surface area contributed by atoms with Crippen LogP contribution in [-0.4, -0.2) is 89.5 Å². The van der Waals surface area contributed by atoms with Crippen molar-refractivity contribution >= 4 is 38.9 Å². The normalized spacial score (nSPS) is 14.2. The molecule has 220 valence electrons. The first-order valence-corrected chi connectivity index (χ1v) is 14.3. The number of nitrogens with one attached hydrogen (secondary N) is 2. The van der Waals surface area contributed by atoms with Crippen LogP contribution in [0, 0.1) is 5.82 Å². The number of amides is 2. The topological polar surface area (TPSA) is 142 Å². The fraction of sp³-hybridized carbons (Fsp3) is 0.370. The van der Waals surface area contributed by atoms with E-state index in [4.69, 9.17) is 9.15 Å². The Morgan fingerprint density at radius 2 is 1.80 bits per heavy atom. The van der Waals surface area contributed by atoms with E-state index in [9.17, 15) is 22.8 Å². The molecule has 4 rings (SSSR count). The molecule has 1 aliphatic heterocycles. The minimum atomic E-state index is -3.99. The maximum atomic E-state index is 15.4. The van der Waals surface area contributed by atoms with E-state index in [0.29, 0.717) is 37.1 Å². The predicted octanol–water partition coefficient (Wildman–Crippen LogP) is 1.78. The Bertz CT molecular complexity index is 1630. The molecule has 41 heavy (non-hydrogen) atoms. The molecule has 1 fully saturated rings. The highest BCUT2D eigenvalue weighted by molar-refractivity contribution is 7.90. The van der Waals surface area contributed by atoms with Crippen LogP contribution in [0.5, 0.6) is 5.75 Å². The number of benzene rings is 2. The molecule has 14 heteroatoms. The summed E-state index contributed by atoms with van der Waals surface area (Å²) in [6, 6.07) is 8.62. The van der Waals surface area contributed by atoms with Crippen molar-refractivity contribution < 1.29 is 31.6 Å². The van der Waals surface area contributed by atoms with E-state index in [1.807, 2.05) is 7.05 Å². The molecule has 0 bridgehead atoms. The molecule has 0 saturated carbocycles. The lowest BCUT2D eigenvalue weighted by Gasteiger charge is -2.32. The van der Waals surface area contributed by atoms with Crippen molar-refractivity contribution in [3.63, 3.8) is 0 Å². The van der Waals surface area contributed by atoms with Crippen LogP contribution in [0.15, 0.2) is 45.6 Å². The first-order chi connectivity index (χ1) is 19.4. The molecule has 12 nitrogen and oxygen atoms in total. The molecule has 2 N–H and O–H groups in total. The number of piperazine rings is 1. The van der Waals surface area contributed by atoms with Gasteiger partial charge >= 0.3 is 11.7 Å². The van der Waals surface area contributed by atoms with E-state index in [2.05, 4.69) is 14.3 Å². The quantitative estimate of drug-likeness (QED) is 0.379. The van der Waals surface area contributed by atoms with Crippen molar-refractivity contribution in [1.29, 1.82) is 0 Å². The Morgan fingerprint density at radius 3 is 2.46 bits per heavy atom. The van der Waals surface area contributed by atoms with Crippen molar-refractivity contribution in [2.24, 2.45) is 0 Å². The van der Waals surface area contributed by atoms with Gasteiger partial charge in [0.25, 0.3) is 10.2 Å². The van der Waals surface area contributed by atoms with Gasteiger partial charge in [-0.2, -0.15) is 8.42 Å². The van der Waals surface area contributed by atoms with Crippen molar-refractivity contribution in [2.75, 3.05) is 59.1 Å². The number of nitrogens with zero attached hydrogens (tertiary/aromatic N) is 3. The highest BCUT2D eigenvalue weighted by Gasteiger charge is 2.25. The summed E-state index contributed by atoms with van der Waals surface area (Å²) in [5, 5.41) is 0.430. The molecule has 0 aliphatic carbocycles. The van der Waals surface area contributed by atoms with Gasteiger partial charge in [0.2, 0.25) is 5.91 Å². The molecule has 1 aromatic heterocycles. The van der Waals surface area contributed by atoms with E-state index in [0.717, 1.165) is 0 Å². The Morgan fingerprint density at radius 1 is 1.10 bits per heavy atom. The van der Waals surface area contributed by atoms with Crippen LogP contribution in [0.4, 0.5) is 14.9 Å². The molecule has 0 unspecified atom stereocenters. The molecule has 1 aliphatic rings. The molecule has 1 saturated heterocycles. The van der Waals surface area contributed by atoms with Gasteiger partial charge in [-0.15, -0.1) is 0 Å². The average Bonchev–Trinajstić information content (AvgIpc) is 2.92. The summed E-state index contributed by atoms with van der Waals surface area (Å²) in [4.78, 5) is 43.8. The molecule has 2 heterocycles. The molecule has 0 radical (unpaired) electrons. The number of carbonyl (C=O) groups excluding carboxylic acids is 2. The first-order valence-electron chi connectivity index (χ1n) is 12.8. The molecular formula is C27H32FN5O7S. The summed E-state index contributed by atoms with van der Waals surface area (Å²) in [6.07, 6.45) is -1.04. The molecule has 3 aromatic rings. The summed E-state index contributed by atoms with van der Waals surface area (Å²) >= 11 is 0. The number of ether oxygens (including phenoxy) is 1. The van der Waals surface area contributed by atoms with Gasteiger partial charge in [-0.3, -0.25) is 9.52 Å². The van der Waals surface area contributed by atoms with Crippen LogP contribution in [0.1, 0.15) is 16.7 Å². The summed E-state index contributed by atoms with van der Waals surface area (Å²) < 4.78 is 54.3. The van der Waals surface area contributed by atoms with E-state index in [-0.39, 0.29) is 46.9 Å². The van der Waals surface area contributed by atoms with Crippen LogP contribution < -0.4 is 19.8 Å². The van der Waals surface area contributed by atoms with Gasteiger partial charge in [0, 0.05) is 70.8 Å². The fourth-order valence-electron chi connectivity index (χ4n) is 4.42. The van der Waals surface area contributed by atoms with Gasteiger partial charge in [0.05, 0.1) is 12.1 Å². The second-order valence-corrected chi connectivity index (χ2v) is 11.5. The SMILES string of the molecule is CNS(=O)(=O)Nc1cccc(Cc2c(CC(=O)N3CCN(C)CC3)c3ccc(OC(=O)N(C)C)cc3oc2=O)c1F. The van der Waals surface area contributed by atoms with Crippen molar-refractivity contribution in [1.82, 2.24) is 19.4 Å². The van der Waals surface area contributed by atoms with Crippen molar-refractivity contribution in [2.45, 2.75) is 12.8 Å². The third kappa shape index (κ3) is 7.01. The van der Waals surface area contributed by atoms with Gasteiger partial charge in [-0.1, -0.05) is 12.1 Å². The average molecular weight is 590 g/mol. The molecular weight excluding hydrogens is 557 g/mol. The number of fused-ring (bicyclic) bond motifs is 1. The van der Waals surface area contributed by atoms with E-state index in [1.165, 1.54) is 56.4 Å². The van der Waals surface area contributed by atoms with Crippen LogP contribution in [0.25, 0.3) is 11.0 Å². The van der Waals surface area contributed by atoms with Crippen molar-refractivity contribution in [3.8, 4) is 5.75 Å². The van der Waals surface area contributed by atoms with Gasteiger partial charge in [-0.25, -0.2) is 18.7 Å². The molecule has 2 amide bonds. The monoisotopic (exact) mass is 589 g/mol. The molecule has 2 aromatic carbocycles. The zero-order valence-electron chi connectivity index (χ0n) is 23.2. The fourth-order valence-corrected chi connectivity index (χ4v) is 4.97. The lowest BCUT2D eigenvalue weighted by atomic mass is 9.95. The Kier molecular flexibility index (Phi) is 8.95. The van der Waals surface area contributed by atoms with Crippen molar-refractivity contribution in [3.05, 3.63) is 69.3 Å². The number of halogens is 1. The molecule has 0 atom stereocenters. The van der Waals surface area contributed by atoms with Gasteiger partial charge in [0.1, 0.15) is 11.3 Å². The zero-order valence-corrected chi connectivity index (χ0v) is 24.0. The second kappa shape index (κ2) is 12.2. The Balaban J connectivity index is 1.78. The van der Waals surface area contributed by atoms with E-state index in [1.54, 1.807) is 11.0 Å².